The minimum absolute atomic E-state index is 0.268. The summed E-state index contributed by atoms with van der Waals surface area (Å²) in [6, 6.07) is 14.1. The van der Waals surface area contributed by atoms with Crippen molar-refractivity contribution < 1.29 is 9.53 Å². The van der Waals surface area contributed by atoms with E-state index in [1.54, 1.807) is 18.4 Å². The summed E-state index contributed by atoms with van der Waals surface area (Å²) in [6.45, 7) is 4.11. The molecular weight excluding hydrogens is 468 g/mol. The Balaban J connectivity index is 1.34. The van der Waals surface area contributed by atoms with Crippen molar-refractivity contribution in [3.63, 3.8) is 0 Å². The Bertz CT molecular complexity index is 1370. The van der Waals surface area contributed by atoms with Crippen molar-refractivity contribution in [2.45, 2.75) is 25.8 Å². The quantitative estimate of drug-likeness (QED) is 0.376. The molecule has 3 heterocycles. The van der Waals surface area contributed by atoms with Gasteiger partial charge in [-0.25, -0.2) is 4.98 Å². The number of hydrogen-bond acceptors (Lipinski definition) is 5. The Morgan fingerprint density at radius 3 is 2.71 bits per heavy atom. The van der Waals surface area contributed by atoms with E-state index < -0.39 is 0 Å². The van der Waals surface area contributed by atoms with Crippen LogP contribution in [0.5, 0.6) is 5.75 Å². The summed E-state index contributed by atoms with van der Waals surface area (Å²) in [6.07, 6.45) is 3.32. The maximum absolute atomic E-state index is 12.7. The Labute approximate surface area is 207 Å². The van der Waals surface area contributed by atoms with Gasteiger partial charge in [-0.2, -0.15) is 0 Å². The number of ether oxygens (including phenoxy) is 1. The van der Waals surface area contributed by atoms with E-state index in [2.05, 4.69) is 26.3 Å². The van der Waals surface area contributed by atoms with E-state index in [-0.39, 0.29) is 5.92 Å². The van der Waals surface area contributed by atoms with E-state index in [0.717, 1.165) is 88.5 Å². The normalized spacial score (nSPS) is 17.4. The van der Waals surface area contributed by atoms with Crippen molar-refractivity contribution >= 4 is 44.0 Å². The fourth-order valence-electron chi connectivity index (χ4n) is 5.00. The molecule has 1 saturated carbocycles. The van der Waals surface area contributed by atoms with Gasteiger partial charge in [-0.15, -0.1) is 0 Å². The zero-order valence-corrected chi connectivity index (χ0v) is 20.7. The second-order valence-electron chi connectivity index (χ2n) is 9.20. The van der Waals surface area contributed by atoms with Crippen LogP contribution in [0, 0.1) is 5.92 Å². The first kappa shape index (κ1) is 21.9. The maximum Gasteiger partial charge on any atom is 0.225 e. The van der Waals surface area contributed by atoms with Gasteiger partial charge in [0.05, 0.1) is 28.7 Å². The van der Waals surface area contributed by atoms with Crippen molar-refractivity contribution in [3.8, 4) is 17.0 Å². The molecule has 0 spiro atoms. The standard InChI is InChI=1S/C26H27ClN4O2S/c1-33-20-7-3-6-18(14-20)24-22(31-21-9-8-19(27)15-23(21)34-26(31)28-24)16-29-10-12-30(13-11-29)25(32)17-4-2-5-17/h3,6-9,14-15,17H,2,4-5,10-13,16H2,1H3. The minimum Gasteiger partial charge on any atom is -0.497 e. The largest absolute Gasteiger partial charge is 0.497 e. The molecule has 0 unspecified atom stereocenters. The maximum atomic E-state index is 12.7. The lowest BCUT2D eigenvalue weighted by atomic mass is 9.84. The van der Waals surface area contributed by atoms with Gasteiger partial charge in [-0.1, -0.05) is 41.5 Å². The summed E-state index contributed by atoms with van der Waals surface area (Å²) < 4.78 is 8.88. The summed E-state index contributed by atoms with van der Waals surface area (Å²) in [5.41, 5.74) is 4.32. The number of rotatable bonds is 5. The Morgan fingerprint density at radius 2 is 1.97 bits per heavy atom. The lowest BCUT2D eigenvalue weighted by Gasteiger charge is -2.38. The monoisotopic (exact) mass is 494 g/mol. The summed E-state index contributed by atoms with van der Waals surface area (Å²) in [5, 5.41) is 0.735. The van der Waals surface area contributed by atoms with E-state index in [1.165, 1.54) is 6.42 Å². The number of imidazole rings is 1. The molecule has 2 aromatic heterocycles. The molecule has 0 atom stereocenters. The first-order valence-corrected chi connectivity index (χ1v) is 13.0. The van der Waals surface area contributed by atoms with Crippen LogP contribution >= 0.6 is 22.9 Å². The Morgan fingerprint density at radius 1 is 1.15 bits per heavy atom. The topological polar surface area (TPSA) is 50.1 Å². The van der Waals surface area contributed by atoms with E-state index in [4.69, 9.17) is 21.3 Å². The van der Waals surface area contributed by atoms with Crippen LogP contribution in [0.2, 0.25) is 5.02 Å². The highest BCUT2D eigenvalue weighted by Gasteiger charge is 2.31. The van der Waals surface area contributed by atoms with Gasteiger partial charge in [-0.05, 0) is 43.2 Å². The molecule has 2 aromatic carbocycles. The highest BCUT2D eigenvalue weighted by Crippen LogP contribution is 2.36. The number of halogens is 1. The minimum atomic E-state index is 0.268. The van der Waals surface area contributed by atoms with Crippen LogP contribution in [0.15, 0.2) is 42.5 Å². The second-order valence-corrected chi connectivity index (χ2v) is 10.6. The highest BCUT2D eigenvalue weighted by molar-refractivity contribution is 7.23. The number of piperazine rings is 1. The number of aromatic nitrogens is 2. The van der Waals surface area contributed by atoms with Gasteiger partial charge in [0.15, 0.2) is 4.96 Å². The molecule has 176 valence electrons. The van der Waals surface area contributed by atoms with Gasteiger partial charge in [0.2, 0.25) is 5.91 Å². The predicted octanol–water partition coefficient (Wildman–Crippen LogP) is 5.32. The molecule has 0 N–H and O–H groups in total. The third-order valence-corrected chi connectivity index (χ3v) is 8.40. The molecule has 1 aliphatic heterocycles. The number of carbonyl (C=O) groups excluding carboxylic acids is 1. The van der Waals surface area contributed by atoms with E-state index in [1.807, 2.05) is 30.3 Å². The molecule has 4 aromatic rings. The van der Waals surface area contributed by atoms with Crippen LogP contribution in [0.4, 0.5) is 0 Å². The molecule has 8 heteroatoms. The van der Waals surface area contributed by atoms with Crippen LogP contribution in [0.1, 0.15) is 25.0 Å². The number of amides is 1. The van der Waals surface area contributed by atoms with Crippen molar-refractivity contribution in [1.82, 2.24) is 19.2 Å². The van der Waals surface area contributed by atoms with Crippen LogP contribution in [0.25, 0.3) is 26.4 Å². The number of benzene rings is 2. The lowest BCUT2D eigenvalue weighted by molar-refractivity contribution is -0.140. The van der Waals surface area contributed by atoms with Gasteiger partial charge in [0.25, 0.3) is 0 Å². The summed E-state index contributed by atoms with van der Waals surface area (Å²) in [7, 11) is 1.69. The molecule has 0 radical (unpaired) electrons. The molecule has 2 aliphatic rings. The van der Waals surface area contributed by atoms with Crippen LogP contribution in [-0.4, -0.2) is 58.4 Å². The van der Waals surface area contributed by atoms with Crippen molar-refractivity contribution in [2.75, 3.05) is 33.3 Å². The SMILES string of the molecule is COc1cccc(-c2nc3sc4cc(Cl)ccc4n3c2CN2CCN(C(=O)C3CCC3)CC2)c1. The zero-order chi connectivity index (χ0) is 23.2. The molecule has 6 rings (SSSR count). The summed E-state index contributed by atoms with van der Waals surface area (Å²) in [5.74, 6) is 1.44. The second kappa shape index (κ2) is 8.87. The van der Waals surface area contributed by atoms with Gasteiger partial charge < -0.3 is 9.64 Å². The average molecular weight is 495 g/mol. The zero-order valence-electron chi connectivity index (χ0n) is 19.2. The third-order valence-electron chi connectivity index (χ3n) is 7.16. The Kier molecular flexibility index (Phi) is 5.71. The molecule has 6 nitrogen and oxygen atoms in total. The number of methoxy groups -OCH3 is 1. The summed E-state index contributed by atoms with van der Waals surface area (Å²) >= 11 is 7.93. The van der Waals surface area contributed by atoms with E-state index in [9.17, 15) is 4.79 Å². The van der Waals surface area contributed by atoms with E-state index >= 15 is 0 Å². The van der Waals surface area contributed by atoms with Crippen LogP contribution in [-0.2, 0) is 11.3 Å². The van der Waals surface area contributed by atoms with Gasteiger partial charge in [0, 0.05) is 49.2 Å². The average Bonchev–Trinajstić information content (AvgIpc) is 3.34. The summed E-state index contributed by atoms with van der Waals surface area (Å²) in [4.78, 5) is 23.2. The Hall–Kier alpha value is -2.61. The van der Waals surface area contributed by atoms with Crippen molar-refractivity contribution in [3.05, 3.63) is 53.2 Å². The molecule has 0 bridgehead atoms. The molecular formula is C26H27ClN4O2S. The fourth-order valence-corrected chi connectivity index (χ4v) is 6.32. The van der Waals surface area contributed by atoms with Crippen LogP contribution < -0.4 is 4.74 Å². The van der Waals surface area contributed by atoms with E-state index in [0.29, 0.717) is 5.91 Å². The first-order chi connectivity index (χ1) is 16.6. The molecule has 1 aliphatic carbocycles. The number of carbonyl (C=O) groups is 1. The number of thiazole rings is 1. The third kappa shape index (κ3) is 3.85. The van der Waals surface area contributed by atoms with Crippen molar-refractivity contribution in [2.24, 2.45) is 5.92 Å². The fraction of sp³-hybridized carbons (Fsp3) is 0.385. The molecule has 1 saturated heterocycles. The highest BCUT2D eigenvalue weighted by atomic mass is 35.5. The number of fused-ring (bicyclic) bond motifs is 3. The lowest BCUT2D eigenvalue weighted by Crippen LogP contribution is -2.50. The number of hydrogen-bond donors (Lipinski definition) is 0. The molecule has 34 heavy (non-hydrogen) atoms. The van der Waals surface area contributed by atoms with Gasteiger partial charge >= 0.3 is 0 Å². The smallest absolute Gasteiger partial charge is 0.225 e. The number of nitrogens with zero attached hydrogens (tertiary/aromatic N) is 4. The van der Waals surface area contributed by atoms with Crippen molar-refractivity contribution in [1.29, 1.82) is 0 Å². The molecule has 2 fully saturated rings. The van der Waals surface area contributed by atoms with Gasteiger partial charge in [-0.3, -0.25) is 14.1 Å². The molecule has 1 amide bonds. The predicted molar refractivity (Wildman–Crippen MR) is 137 cm³/mol. The first-order valence-electron chi connectivity index (χ1n) is 11.9. The van der Waals surface area contributed by atoms with Crippen LogP contribution in [0.3, 0.4) is 0 Å². The van der Waals surface area contributed by atoms with Gasteiger partial charge in [0.1, 0.15) is 5.75 Å².